The van der Waals surface area contributed by atoms with Gasteiger partial charge in [0.05, 0.1) is 11.0 Å². The van der Waals surface area contributed by atoms with Gasteiger partial charge >= 0.3 is 0 Å². The summed E-state index contributed by atoms with van der Waals surface area (Å²) >= 11 is 0. The molecular weight excluding hydrogens is 364 g/mol. The van der Waals surface area contributed by atoms with Gasteiger partial charge in [0.1, 0.15) is 5.65 Å². The smallest absolute Gasteiger partial charge is 0.146 e. The van der Waals surface area contributed by atoms with Crippen LogP contribution in [-0.4, -0.2) is 9.38 Å². The van der Waals surface area contributed by atoms with Crippen molar-refractivity contribution >= 4 is 27.5 Å². The van der Waals surface area contributed by atoms with E-state index in [1.807, 2.05) is 19.9 Å². The van der Waals surface area contributed by atoms with Crippen LogP contribution in [-0.2, 0) is 5.41 Å². The average molecular weight is 405 g/mol. The lowest BCUT2D eigenvalue weighted by Gasteiger charge is -2.22. The van der Waals surface area contributed by atoms with Crippen LogP contribution in [0.4, 0.5) is 0 Å². The second kappa shape index (κ2) is 12.2. The maximum absolute atomic E-state index is 4.88. The minimum absolute atomic E-state index is 0.0613. The highest BCUT2D eigenvalue weighted by atomic mass is 15.0. The Kier molecular flexibility index (Phi) is 10.3. The third kappa shape index (κ3) is 5.72. The van der Waals surface area contributed by atoms with Crippen molar-refractivity contribution in [3.05, 3.63) is 73.4 Å². The first-order chi connectivity index (χ1) is 14.5. The van der Waals surface area contributed by atoms with Crippen LogP contribution in [0, 0.1) is 0 Å². The van der Waals surface area contributed by atoms with Crippen molar-refractivity contribution < 1.29 is 0 Å². The van der Waals surface area contributed by atoms with Crippen LogP contribution in [0.1, 0.15) is 73.4 Å². The molecule has 0 aliphatic rings. The van der Waals surface area contributed by atoms with Gasteiger partial charge in [-0.2, -0.15) is 0 Å². The zero-order valence-electron chi connectivity index (χ0n) is 20.1. The maximum Gasteiger partial charge on any atom is 0.146 e. The largest absolute Gasteiger partial charge is 0.296 e. The van der Waals surface area contributed by atoms with Gasteiger partial charge in [0.2, 0.25) is 0 Å². The first-order valence-electron chi connectivity index (χ1n) is 11.3. The number of hydrogen-bond donors (Lipinski definition) is 0. The van der Waals surface area contributed by atoms with Crippen LogP contribution in [0.2, 0.25) is 0 Å². The molecule has 0 radical (unpaired) electrons. The van der Waals surface area contributed by atoms with E-state index in [4.69, 9.17) is 4.98 Å². The SMILES string of the molecule is C=C.CC.CC(C)(C)c1cc2ccccc2c2nc3ccccc3n12.CCCCC. The van der Waals surface area contributed by atoms with E-state index >= 15 is 0 Å². The molecule has 0 bridgehead atoms. The molecule has 0 atom stereocenters. The Morgan fingerprint density at radius 1 is 0.867 bits per heavy atom. The van der Waals surface area contributed by atoms with Gasteiger partial charge in [-0.3, -0.25) is 4.40 Å². The van der Waals surface area contributed by atoms with Crippen molar-refractivity contribution in [2.75, 3.05) is 0 Å². The van der Waals surface area contributed by atoms with E-state index in [9.17, 15) is 0 Å². The van der Waals surface area contributed by atoms with Gasteiger partial charge in [0.25, 0.3) is 0 Å². The van der Waals surface area contributed by atoms with Gasteiger partial charge in [-0.05, 0) is 23.6 Å². The number of pyridine rings is 1. The van der Waals surface area contributed by atoms with Gasteiger partial charge < -0.3 is 0 Å². The summed E-state index contributed by atoms with van der Waals surface area (Å²) in [7, 11) is 0. The van der Waals surface area contributed by atoms with E-state index in [0.717, 1.165) is 11.2 Å². The predicted octanol–water partition coefficient (Wildman–Crippen LogP) is 8.96. The van der Waals surface area contributed by atoms with Gasteiger partial charge in [-0.25, -0.2) is 4.98 Å². The van der Waals surface area contributed by atoms with Gasteiger partial charge in [0.15, 0.2) is 0 Å². The third-order valence-electron chi connectivity index (χ3n) is 4.77. The van der Waals surface area contributed by atoms with Crippen LogP contribution in [0.3, 0.4) is 0 Å². The fourth-order valence-corrected chi connectivity index (χ4v) is 3.39. The molecule has 2 heteroatoms. The number of aromatic nitrogens is 2. The Morgan fingerprint density at radius 2 is 1.43 bits per heavy atom. The van der Waals surface area contributed by atoms with Gasteiger partial charge in [-0.1, -0.05) is 104 Å². The predicted molar refractivity (Wildman–Crippen MR) is 137 cm³/mol. The highest BCUT2D eigenvalue weighted by Gasteiger charge is 2.21. The van der Waals surface area contributed by atoms with E-state index in [-0.39, 0.29) is 5.41 Å². The van der Waals surface area contributed by atoms with E-state index in [0.29, 0.717) is 0 Å². The molecule has 0 fully saturated rings. The summed E-state index contributed by atoms with van der Waals surface area (Å²) in [6.07, 6.45) is 4.08. The topological polar surface area (TPSA) is 17.3 Å². The Balaban J connectivity index is 0.000000435. The van der Waals surface area contributed by atoms with E-state index in [1.54, 1.807) is 0 Å². The maximum atomic E-state index is 4.88. The quantitative estimate of drug-likeness (QED) is 0.305. The zero-order valence-corrected chi connectivity index (χ0v) is 20.1. The van der Waals surface area contributed by atoms with Crippen molar-refractivity contribution in [2.24, 2.45) is 0 Å². The highest BCUT2D eigenvalue weighted by Crippen LogP contribution is 2.32. The van der Waals surface area contributed by atoms with Crippen LogP contribution < -0.4 is 0 Å². The number of imidazole rings is 1. The van der Waals surface area contributed by atoms with Crippen LogP contribution in [0.15, 0.2) is 67.8 Å². The lowest BCUT2D eigenvalue weighted by atomic mass is 9.90. The normalized spacial score (nSPS) is 10.5. The number of rotatable bonds is 2. The van der Waals surface area contributed by atoms with Gasteiger partial charge in [-0.15, -0.1) is 13.2 Å². The number of fused-ring (bicyclic) bond motifs is 5. The van der Waals surface area contributed by atoms with Crippen LogP contribution >= 0.6 is 0 Å². The summed E-state index contributed by atoms with van der Waals surface area (Å²) < 4.78 is 2.32. The molecule has 4 aromatic rings. The van der Waals surface area contributed by atoms with Crippen molar-refractivity contribution in [1.82, 2.24) is 9.38 Å². The molecule has 2 nitrogen and oxygen atoms in total. The van der Waals surface area contributed by atoms with Crippen molar-refractivity contribution in [3.8, 4) is 0 Å². The summed E-state index contributed by atoms with van der Waals surface area (Å²) in [4.78, 5) is 4.88. The molecule has 0 spiro atoms. The summed E-state index contributed by atoms with van der Waals surface area (Å²) in [6, 6.07) is 19.2. The fourth-order valence-electron chi connectivity index (χ4n) is 3.39. The van der Waals surface area contributed by atoms with Crippen LogP contribution in [0.5, 0.6) is 0 Å². The molecule has 2 aromatic heterocycles. The molecular formula is C28H40N2. The second-order valence-corrected chi connectivity index (χ2v) is 7.98. The number of hydrogen-bond acceptors (Lipinski definition) is 1. The van der Waals surface area contributed by atoms with Crippen molar-refractivity contribution in [1.29, 1.82) is 0 Å². The third-order valence-corrected chi connectivity index (χ3v) is 4.77. The minimum atomic E-state index is 0.0613. The summed E-state index contributed by atoms with van der Waals surface area (Å²) in [5.41, 5.74) is 4.65. The first kappa shape index (κ1) is 25.4. The number of nitrogens with zero attached hydrogens (tertiary/aromatic N) is 2. The molecule has 30 heavy (non-hydrogen) atoms. The molecule has 162 valence electrons. The lowest BCUT2D eigenvalue weighted by molar-refractivity contribution is 0.564. The Morgan fingerprint density at radius 3 is 2.00 bits per heavy atom. The average Bonchev–Trinajstić information content (AvgIpc) is 3.16. The molecule has 0 unspecified atom stereocenters. The highest BCUT2D eigenvalue weighted by molar-refractivity contribution is 5.98. The summed E-state index contributed by atoms with van der Waals surface area (Å²) in [6.45, 7) is 21.2. The summed E-state index contributed by atoms with van der Waals surface area (Å²) in [5, 5.41) is 2.46. The molecule has 0 amide bonds. The molecule has 2 heterocycles. The molecule has 0 aliphatic heterocycles. The number of para-hydroxylation sites is 2. The van der Waals surface area contributed by atoms with E-state index < -0.39 is 0 Å². The summed E-state index contributed by atoms with van der Waals surface area (Å²) in [5.74, 6) is 0. The molecule has 4 rings (SSSR count). The molecule has 0 saturated carbocycles. The Bertz CT molecular complexity index is 1030. The monoisotopic (exact) mass is 404 g/mol. The first-order valence-corrected chi connectivity index (χ1v) is 11.3. The zero-order chi connectivity index (χ0) is 22.7. The van der Waals surface area contributed by atoms with Crippen molar-refractivity contribution in [2.45, 2.75) is 73.1 Å². The Labute approximate surface area is 183 Å². The molecule has 0 N–H and O–H groups in total. The number of benzene rings is 2. The Hall–Kier alpha value is -2.61. The van der Waals surface area contributed by atoms with Crippen LogP contribution in [0.25, 0.3) is 27.5 Å². The standard InChI is InChI=1S/C19H18N2.C5H12.C2H6.C2H4/c1-19(2,3)17-12-13-8-4-5-9-14(13)18-20-15-10-6-7-11-16(15)21(17)18;1-3-5-4-2;2*1-2/h4-12H,1-3H3;3-5H2,1-2H3;1-2H3;1-2H2. The number of unbranched alkanes of at least 4 members (excludes halogenated alkanes) is 2. The molecule has 0 saturated heterocycles. The fraction of sp³-hybridized carbons (Fsp3) is 0.393. The molecule has 2 aromatic carbocycles. The minimum Gasteiger partial charge on any atom is -0.296 e. The second-order valence-electron chi connectivity index (χ2n) is 7.98. The van der Waals surface area contributed by atoms with Crippen molar-refractivity contribution in [3.63, 3.8) is 0 Å². The molecule has 0 aliphatic carbocycles. The van der Waals surface area contributed by atoms with E-state index in [2.05, 4.69) is 101 Å². The van der Waals surface area contributed by atoms with Gasteiger partial charge in [0, 0.05) is 16.5 Å². The van der Waals surface area contributed by atoms with E-state index in [1.165, 1.54) is 41.2 Å². The lowest BCUT2D eigenvalue weighted by Crippen LogP contribution is -2.16.